The van der Waals surface area contributed by atoms with Gasteiger partial charge in [0.05, 0.1) is 17.2 Å². The number of halogens is 4. The zero-order chi connectivity index (χ0) is 22.6. The molecule has 0 saturated carbocycles. The number of aromatic nitrogens is 1. The SMILES string of the molecule is C[C@H](O)CNC(=O)c1cnc(Oc2ccc(C(F)(F)F)cc2)c(-c2cccc(F)c2)c1. The lowest BCUT2D eigenvalue weighted by atomic mass is 10.0. The van der Waals surface area contributed by atoms with Gasteiger partial charge < -0.3 is 15.2 Å². The first kappa shape index (κ1) is 22.2. The van der Waals surface area contributed by atoms with Gasteiger partial charge in [-0.25, -0.2) is 9.37 Å². The van der Waals surface area contributed by atoms with E-state index >= 15 is 0 Å². The minimum atomic E-state index is -4.48. The van der Waals surface area contributed by atoms with E-state index in [2.05, 4.69) is 10.3 Å². The van der Waals surface area contributed by atoms with Crippen molar-refractivity contribution in [3.63, 3.8) is 0 Å². The third kappa shape index (κ3) is 5.79. The molecule has 0 spiro atoms. The third-order valence-corrected chi connectivity index (χ3v) is 4.20. The van der Waals surface area contributed by atoms with E-state index in [1.165, 1.54) is 37.4 Å². The molecule has 1 aromatic heterocycles. The van der Waals surface area contributed by atoms with Crippen LogP contribution in [0.4, 0.5) is 17.6 Å². The van der Waals surface area contributed by atoms with E-state index in [0.29, 0.717) is 5.56 Å². The first-order valence-corrected chi connectivity index (χ1v) is 9.21. The Morgan fingerprint density at radius 2 is 1.87 bits per heavy atom. The predicted molar refractivity (Wildman–Crippen MR) is 105 cm³/mol. The summed E-state index contributed by atoms with van der Waals surface area (Å²) >= 11 is 0. The lowest BCUT2D eigenvalue weighted by molar-refractivity contribution is -0.137. The molecule has 0 bridgehead atoms. The predicted octanol–water partition coefficient (Wildman–Crippen LogP) is 4.81. The lowest BCUT2D eigenvalue weighted by Crippen LogP contribution is -2.30. The Labute approximate surface area is 175 Å². The Kier molecular flexibility index (Phi) is 6.55. The number of nitrogens with one attached hydrogen (secondary N) is 1. The van der Waals surface area contributed by atoms with Gasteiger partial charge in [0.1, 0.15) is 11.6 Å². The molecule has 9 heteroatoms. The van der Waals surface area contributed by atoms with Crippen molar-refractivity contribution in [3.8, 4) is 22.8 Å². The van der Waals surface area contributed by atoms with Crippen LogP contribution < -0.4 is 10.1 Å². The Bertz CT molecular complexity index is 1070. The van der Waals surface area contributed by atoms with Crippen LogP contribution in [0.3, 0.4) is 0 Å². The highest BCUT2D eigenvalue weighted by Crippen LogP contribution is 2.34. The second kappa shape index (κ2) is 9.13. The minimum absolute atomic E-state index is 0.0163. The van der Waals surface area contributed by atoms with Gasteiger partial charge in [0.2, 0.25) is 5.88 Å². The molecule has 0 radical (unpaired) electrons. The van der Waals surface area contributed by atoms with Crippen LogP contribution in [0.25, 0.3) is 11.1 Å². The molecule has 2 aromatic carbocycles. The second-order valence-corrected chi connectivity index (χ2v) is 6.77. The lowest BCUT2D eigenvalue weighted by Gasteiger charge is -2.13. The van der Waals surface area contributed by atoms with Crippen molar-refractivity contribution in [1.29, 1.82) is 0 Å². The van der Waals surface area contributed by atoms with Crippen LogP contribution in [0.15, 0.2) is 60.8 Å². The number of benzene rings is 2. The molecule has 0 saturated heterocycles. The Morgan fingerprint density at radius 1 is 1.16 bits per heavy atom. The smallest absolute Gasteiger partial charge is 0.416 e. The maximum atomic E-state index is 13.8. The Morgan fingerprint density at radius 3 is 2.48 bits per heavy atom. The molecule has 2 N–H and O–H groups in total. The van der Waals surface area contributed by atoms with E-state index in [4.69, 9.17) is 4.74 Å². The quantitative estimate of drug-likeness (QED) is 0.547. The molecule has 1 heterocycles. The van der Waals surface area contributed by atoms with Crippen molar-refractivity contribution < 1.29 is 32.2 Å². The molecule has 31 heavy (non-hydrogen) atoms. The summed E-state index contributed by atoms with van der Waals surface area (Å²) in [6, 6.07) is 11.0. The summed E-state index contributed by atoms with van der Waals surface area (Å²) in [7, 11) is 0. The van der Waals surface area contributed by atoms with Crippen LogP contribution in [0, 0.1) is 5.82 Å². The molecule has 0 aliphatic rings. The number of ether oxygens (including phenoxy) is 1. The summed E-state index contributed by atoms with van der Waals surface area (Å²) in [5.74, 6) is -0.962. The van der Waals surface area contributed by atoms with Crippen molar-refractivity contribution in [2.75, 3.05) is 6.54 Å². The summed E-state index contributed by atoms with van der Waals surface area (Å²) in [6.45, 7) is 1.54. The first-order chi connectivity index (χ1) is 14.6. The van der Waals surface area contributed by atoms with E-state index in [-0.39, 0.29) is 29.3 Å². The first-order valence-electron chi connectivity index (χ1n) is 9.21. The standard InChI is InChI=1S/C22H18F4N2O3/c1-13(29)11-27-20(30)15-10-19(14-3-2-4-17(23)9-14)21(28-12-15)31-18-7-5-16(6-8-18)22(24,25)26/h2-10,12-13,29H,11H2,1H3,(H,27,30)/t13-/m0/s1. The third-order valence-electron chi connectivity index (χ3n) is 4.20. The van der Waals surface area contributed by atoms with Gasteiger partial charge in [-0.3, -0.25) is 4.79 Å². The van der Waals surface area contributed by atoms with Crippen molar-refractivity contribution in [2.24, 2.45) is 0 Å². The highest BCUT2D eigenvalue weighted by atomic mass is 19.4. The van der Waals surface area contributed by atoms with Gasteiger partial charge in [-0.05, 0) is 55.0 Å². The van der Waals surface area contributed by atoms with Gasteiger partial charge in [-0.15, -0.1) is 0 Å². The van der Waals surface area contributed by atoms with Crippen LogP contribution in [0.1, 0.15) is 22.8 Å². The minimum Gasteiger partial charge on any atom is -0.438 e. The molecule has 0 aliphatic carbocycles. The maximum Gasteiger partial charge on any atom is 0.416 e. The molecular formula is C22H18F4N2O3. The fourth-order valence-corrected chi connectivity index (χ4v) is 2.69. The van der Waals surface area contributed by atoms with Crippen LogP contribution in [0.5, 0.6) is 11.6 Å². The molecule has 1 atom stereocenters. The molecule has 0 aliphatic heterocycles. The fourth-order valence-electron chi connectivity index (χ4n) is 2.69. The van der Waals surface area contributed by atoms with Gasteiger partial charge >= 0.3 is 6.18 Å². The maximum absolute atomic E-state index is 13.8. The molecule has 0 fully saturated rings. The van der Waals surface area contributed by atoms with E-state index < -0.39 is 29.6 Å². The van der Waals surface area contributed by atoms with E-state index in [1.54, 1.807) is 6.07 Å². The average molecular weight is 434 g/mol. The second-order valence-electron chi connectivity index (χ2n) is 6.77. The summed E-state index contributed by atoms with van der Waals surface area (Å²) in [4.78, 5) is 16.4. The van der Waals surface area contributed by atoms with Gasteiger partial charge in [-0.2, -0.15) is 13.2 Å². The monoisotopic (exact) mass is 434 g/mol. The highest BCUT2D eigenvalue weighted by Gasteiger charge is 2.30. The molecular weight excluding hydrogens is 416 g/mol. The Balaban J connectivity index is 1.96. The van der Waals surface area contributed by atoms with Crippen molar-refractivity contribution >= 4 is 5.91 Å². The van der Waals surface area contributed by atoms with Gasteiger partial charge in [0.25, 0.3) is 5.91 Å². The summed E-state index contributed by atoms with van der Waals surface area (Å²) < 4.78 is 57.7. The number of carbonyl (C=O) groups excluding carboxylic acids is 1. The number of alkyl halides is 3. The van der Waals surface area contributed by atoms with Crippen molar-refractivity contribution in [3.05, 3.63) is 77.7 Å². The largest absolute Gasteiger partial charge is 0.438 e. The Hall–Kier alpha value is -3.46. The van der Waals surface area contributed by atoms with Crippen molar-refractivity contribution in [1.82, 2.24) is 10.3 Å². The molecule has 5 nitrogen and oxygen atoms in total. The highest BCUT2D eigenvalue weighted by molar-refractivity contribution is 5.95. The molecule has 1 amide bonds. The number of pyridine rings is 1. The number of hydrogen-bond donors (Lipinski definition) is 2. The van der Waals surface area contributed by atoms with Gasteiger partial charge in [0, 0.05) is 18.3 Å². The van der Waals surface area contributed by atoms with Gasteiger partial charge in [0.15, 0.2) is 0 Å². The number of carbonyl (C=O) groups is 1. The zero-order valence-electron chi connectivity index (χ0n) is 16.3. The molecule has 3 aromatic rings. The van der Waals surface area contributed by atoms with E-state index in [9.17, 15) is 27.5 Å². The molecule has 3 rings (SSSR count). The van der Waals surface area contributed by atoms with Crippen LogP contribution in [-0.4, -0.2) is 28.6 Å². The molecule has 0 unspecified atom stereocenters. The number of hydrogen-bond acceptors (Lipinski definition) is 4. The van der Waals surface area contributed by atoms with Crippen LogP contribution >= 0.6 is 0 Å². The fraction of sp³-hybridized carbons (Fsp3) is 0.182. The summed E-state index contributed by atoms with van der Waals surface area (Å²) in [5, 5.41) is 11.9. The summed E-state index contributed by atoms with van der Waals surface area (Å²) in [6.07, 6.45) is -4.01. The normalized spacial score (nSPS) is 12.3. The molecule has 162 valence electrons. The van der Waals surface area contributed by atoms with Crippen molar-refractivity contribution in [2.45, 2.75) is 19.2 Å². The number of amides is 1. The van der Waals surface area contributed by atoms with E-state index in [1.807, 2.05) is 0 Å². The number of nitrogens with zero attached hydrogens (tertiary/aromatic N) is 1. The average Bonchev–Trinajstić information content (AvgIpc) is 2.72. The van der Waals surface area contributed by atoms with Crippen LogP contribution in [-0.2, 0) is 6.18 Å². The zero-order valence-corrected chi connectivity index (χ0v) is 16.3. The number of aliphatic hydroxyl groups excluding tert-OH is 1. The summed E-state index contributed by atoms with van der Waals surface area (Å²) in [5.41, 5.74) is -0.0633. The van der Waals surface area contributed by atoms with Crippen LogP contribution in [0.2, 0.25) is 0 Å². The van der Waals surface area contributed by atoms with Gasteiger partial charge in [-0.1, -0.05) is 12.1 Å². The number of rotatable bonds is 6. The number of aliphatic hydroxyl groups is 1. The topological polar surface area (TPSA) is 71.5 Å². The van der Waals surface area contributed by atoms with E-state index in [0.717, 1.165) is 24.3 Å².